The number of fused-ring (bicyclic) bond motifs is 5. The van der Waals surface area contributed by atoms with Crippen molar-refractivity contribution in [2.75, 3.05) is 19.0 Å². The standard InChI is InChI=1S/C22H24N2O7/c1-11(24-19(26)17-13-3-4-14(9-13)18(17)20(24)27)21(28)31-10-16(25)23-15-7-5-12(6-8-15)22(29)30-2/h5-8,11,13-14,17-18H,3-4,9-10H2,1-2H3,(H,23,25)/t11-,13-,14-,17+,18+/m0/s1. The van der Waals surface area contributed by atoms with Crippen molar-refractivity contribution in [1.82, 2.24) is 4.90 Å². The Labute approximate surface area is 179 Å². The van der Waals surface area contributed by atoms with Crippen LogP contribution in [0.4, 0.5) is 5.69 Å². The molecule has 164 valence electrons. The van der Waals surface area contributed by atoms with Crippen LogP contribution in [0.5, 0.6) is 0 Å². The van der Waals surface area contributed by atoms with E-state index in [0.29, 0.717) is 11.3 Å². The van der Waals surface area contributed by atoms with Crippen LogP contribution < -0.4 is 5.32 Å². The number of nitrogens with one attached hydrogen (secondary N) is 1. The minimum Gasteiger partial charge on any atom is -0.465 e. The Bertz CT molecular complexity index is 914. The van der Waals surface area contributed by atoms with E-state index in [1.807, 2.05) is 0 Å². The second-order valence-corrected chi connectivity index (χ2v) is 8.33. The van der Waals surface area contributed by atoms with E-state index in [-0.39, 0.29) is 35.5 Å². The topological polar surface area (TPSA) is 119 Å². The summed E-state index contributed by atoms with van der Waals surface area (Å²) in [6.45, 7) is 0.890. The van der Waals surface area contributed by atoms with Gasteiger partial charge in [-0.15, -0.1) is 0 Å². The predicted octanol–water partition coefficient (Wildman–Crippen LogP) is 1.37. The van der Waals surface area contributed by atoms with Gasteiger partial charge in [0.15, 0.2) is 6.61 Å². The molecule has 9 nitrogen and oxygen atoms in total. The van der Waals surface area contributed by atoms with Crippen LogP contribution in [0.1, 0.15) is 36.5 Å². The quantitative estimate of drug-likeness (QED) is 0.537. The molecule has 4 rings (SSSR count). The van der Waals surface area contributed by atoms with Gasteiger partial charge in [-0.1, -0.05) is 0 Å². The molecule has 0 unspecified atom stereocenters. The SMILES string of the molecule is COC(=O)c1ccc(NC(=O)COC(=O)[C@H](C)N2C(=O)[C@@H]3[C@H]4CC[C@@H](C4)[C@H]3C2=O)cc1. The molecule has 1 aromatic carbocycles. The van der Waals surface area contributed by atoms with E-state index in [1.54, 1.807) is 0 Å². The monoisotopic (exact) mass is 428 g/mol. The van der Waals surface area contributed by atoms with E-state index in [1.165, 1.54) is 38.3 Å². The molecular formula is C22H24N2O7. The van der Waals surface area contributed by atoms with Crippen LogP contribution in [0.25, 0.3) is 0 Å². The first-order valence-electron chi connectivity index (χ1n) is 10.3. The fourth-order valence-electron chi connectivity index (χ4n) is 5.18. The zero-order valence-corrected chi connectivity index (χ0v) is 17.3. The van der Waals surface area contributed by atoms with Crippen molar-refractivity contribution >= 4 is 35.3 Å². The molecule has 1 heterocycles. The number of amides is 3. The molecule has 1 aromatic rings. The number of rotatable bonds is 6. The Morgan fingerprint density at radius 1 is 1.06 bits per heavy atom. The van der Waals surface area contributed by atoms with Crippen LogP contribution >= 0.6 is 0 Å². The normalized spacial score (nSPS) is 27.1. The van der Waals surface area contributed by atoms with Crippen LogP contribution in [-0.4, -0.2) is 54.3 Å². The molecule has 0 spiro atoms. The summed E-state index contributed by atoms with van der Waals surface area (Å²) in [6.07, 6.45) is 2.83. The summed E-state index contributed by atoms with van der Waals surface area (Å²) in [6, 6.07) is 4.94. The van der Waals surface area contributed by atoms with Gasteiger partial charge in [0, 0.05) is 5.69 Å². The number of methoxy groups -OCH3 is 1. The highest BCUT2D eigenvalue weighted by atomic mass is 16.5. The number of ether oxygens (including phenoxy) is 2. The lowest BCUT2D eigenvalue weighted by Gasteiger charge is -2.23. The number of likely N-dealkylation sites (tertiary alicyclic amines) is 1. The maximum absolute atomic E-state index is 12.8. The highest BCUT2D eigenvalue weighted by Gasteiger charge is 2.62. The number of anilines is 1. The molecule has 2 bridgehead atoms. The van der Waals surface area contributed by atoms with Gasteiger partial charge in [0.05, 0.1) is 24.5 Å². The molecule has 9 heteroatoms. The maximum atomic E-state index is 12.8. The van der Waals surface area contributed by atoms with Gasteiger partial charge in [0.25, 0.3) is 5.91 Å². The van der Waals surface area contributed by atoms with E-state index >= 15 is 0 Å². The van der Waals surface area contributed by atoms with Gasteiger partial charge >= 0.3 is 11.9 Å². The van der Waals surface area contributed by atoms with Crippen molar-refractivity contribution in [2.24, 2.45) is 23.7 Å². The molecule has 2 aliphatic carbocycles. The number of esters is 2. The highest BCUT2D eigenvalue weighted by Crippen LogP contribution is 2.56. The summed E-state index contributed by atoms with van der Waals surface area (Å²) < 4.78 is 9.65. The van der Waals surface area contributed by atoms with Crippen LogP contribution in [0.15, 0.2) is 24.3 Å². The van der Waals surface area contributed by atoms with Crippen molar-refractivity contribution in [1.29, 1.82) is 0 Å². The lowest BCUT2D eigenvalue weighted by Crippen LogP contribution is -2.45. The van der Waals surface area contributed by atoms with E-state index in [4.69, 9.17) is 4.74 Å². The summed E-state index contributed by atoms with van der Waals surface area (Å²) >= 11 is 0. The molecule has 5 atom stereocenters. The van der Waals surface area contributed by atoms with Crippen LogP contribution in [-0.2, 0) is 28.7 Å². The molecule has 0 radical (unpaired) electrons. The minimum atomic E-state index is -1.07. The highest BCUT2D eigenvalue weighted by molar-refractivity contribution is 6.08. The second-order valence-electron chi connectivity index (χ2n) is 8.33. The molecule has 3 amide bonds. The first-order chi connectivity index (χ1) is 14.8. The van der Waals surface area contributed by atoms with Crippen molar-refractivity contribution in [2.45, 2.75) is 32.2 Å². The third-order valence-corrected chi connectivity index (χ3v) is 6.63. The third-order valence-electron chi connectivity index (χ3n) is 6.63. The van der Waals surface area contributed by atoms with Crippen molar-refractivity contribution in [3.8, 4) is 0 Å². The van der Waals surface area contributed by atoms with Crippen LogP contribution in [0.2, 0.25) is 0 Å². The predicted molar refractivity (Wildman–Crippen MR) is 106 cm³/mol. The van der Waals surface area contributed by atoms with Crippen LogP contribution in [0, 0.1) is 23.7 Å². The molecule has 3 fully saturated rings. The summed E-state index contributed by atoms with van der Waals surface area (Å²) in [5.41, 5.74) is 0.744. The molecule has 0 aromatic heterocycles. The van der Waals surface area contributed by atoms with E-state index in [2.05, 4.69) is 10.1 Å². The van der Waals surface area contributed by atoms with Gasteiger partial charge in [-0.2, -0.15) is 0 Å². The first-order valence-corrected chi connectivity index (χ1v) is 10.3. The molecule has 3 aliphatic rings. The number of benzene rings is 1. The van der Waals surface area contributed by atoms with Gasteiger partial charge in [0.1, 0.15) is 6.04 Å². The Morgan fingerprint density at radius 3 is 2.19 bits per heavy atom. The number of hydrogen-bond donors (Lipinski definition) is 1. The molecule has 1 saturated heterocycles. The first kappa shape index (κ1) is 21.0. The number of carbonyl (C=O) groups is 5. The minimum absolute atomic E-state index is 0.232. The number of imide groups is 1. The zero-order chi connectivity index (χ0) is 22.3. The Balaban J connectivity index is 1.30. The average Bonchev–Trinajstić information content (AvgIpc) is 3.45. The van der Waals surface area contributed by atoms with Gasteiger partial charge in [-0.25, -0.2) is 9.59 Å². The zero-order valence-electron chi connectivity index (χ0n) is 17.3. The fourth-order valence-corrected chi connectivity index (χ4v) is 5.18. The lowest BCUT2D eigenvalue weighted by atomic mass is 9.81. The van der Waals surface area contributed by atoms with Gasteiger partial charge in [-0.05, 0) is 62.3 Å². The largest absolute Gasteiger partial charge is 0.465 e. The fraction of sp³-hybridized carbons (Fsp3) is 0.500. The smallest absolute Gasteiger partial charge is 0.337 e. The van der Waals surface area contributed by atoms with Crippen molar-refractivity contribution in [3.63, 3.8) is 0 Å². The van der Waals surface area contributed by atoms with E-state index in [9.17, 15) is 24.0 Å². The number of carbonyl (C=O) groups excluding carboxylic acids is 5. The van der Waals surface area contributed by atoms with Crippen molar-refractivity contribution < 1.29 is 33.4 Å². The van der Waals surface area contributed by atoms with Gasteiger partial charge in [-0.3, -0.25) is 19.3 Å². The Hall–Kier alpha value is -3.23. The third kappa shape index (κ3) is 3.68. The number of nitrogens with zero attached hydrogens (tertiary/aromatic N) is 1. The average molecular weight is 428 g/mol. The van der Waals surface area contributed by atoms with E-state index < -0.39 is 30.5 Å². The molecular weight excluding hydrogens is 404 g/mol. The second kappa shape index (κ2) is 8.13. The molecule has 1 N–H and O–H groups in total. The Morgan fingerprint density at radius 2 is 1.65 bits per heavy atom. The van der Waals surface area contributed by atoms with Crippen molar-refractivity contribution in [3.05, 3.63) is 29.8 Å². The molecule has 2 saturated carbocycles. The van der Waals surface area contributed by atoms with Gasteiger partial charge < -0.3 is 14.8 Å². The molecule has 31 heavy (non-hydrogen) atoms. The number of hydrogen-bond acceptors (Lipinski definition) is 7. The summed E-state index contributed by atoms with van der Waals surface area (Å²) in [5.74, 6) is -2.61. The molecule has 1 aliphatic heterocycles. The summed E-state index contributed by atoms with van der Waals surface area (Å²) in [4.78, 5) is 62.6. The van der Waals surface area contributed by atoms with E-state index in [0.717, 1.165) is 24.2 Å². The van der Waals surface area contributed by atoms with Crippen LogP contribution in [0.3, 0.4) is 0 Å². The lowest BCUT2D eigenvalue weighted by molar-refractivity contribution is -0.159. The summed E-state index contributed by atoms with van der Waals surface area (Å²) in [7, 11) is 1.27. The summed E-state index contributed by atoms with van der Waals surface area (Å²) in [5, 5.41) is 2.54. The Kier molecular flexibility index (Phi) is 5.51. The van der Waals surface area contributed by atoms with Gasteiger partial charge in [0.2, 0.25) is 11.8 Å². The maximum Gasteiger partial charge on any atom is 0.337 e.